The van der Waals surface area contributed by atoms with Crippen LogP contribution in [0.1, 0.15) is 25.3 Å². The lowest BCUT2D eigenvalue weighted by Gasteiger charge is -2.31. The van der Waals surface area contributed by atoms with Crippen molar-refractivity contribution in [3.05, 3.63) is 35.4 Å². The summed E-state index contributed by atoms with van der Waals surface area (Å²) in [4.78, 5) is 13.4. The van der Waals surface area contributed by atoms with Gasteiger partial charge >= 0.3 is 0 Å². The maximum Gasteiger partial charge on any atom is 0.163 e. The molecular formula is C14H17F2NO. The van der Waals surface area contributed by atoms with Crippen molar-refractivity contribution in [3.63, 3.8) is 0 Å². The third-order valence-electron chi connectivity index (χ3n) is 3.51. The fourth-order valence-corrected chi connectivity index (χ4v) is 2.44. The standard InChI is InChI=1S/C14H17F2NO/c1-10(18)11-5-3-7-17(8-11)9-12-4-2-6-13(15)14(12)16/h2,4,6,11H,3,5,7-9H2,1H3. The van der Waals surface area contributed by atoms with E-state index in [0.29, 0.717) is 18.7 Å². The summed E-state index contributed by atoms with van der Waals surface area (Å²) in [6, 6.07) is 4.23. The molecule has 1 aliphatic rings. The number of piperidine rings is 1. The highest BCUT2D eigenvalue weighted by molar-refractivity contribution is 5.78. The molecule has 1 fully saturated rings. The van der Waals surface area contributed by atoms with Crippen LogP contribution in [0.15, 0.2) is 18.2 Å². The average Bonchev–Trinajstić information content (AvgIpc) is 2.35. The Morgan fingerprint density at radius 1 is 1.44 bits per heavy atom. The van der Waals surface area contributed by atoms with E-state index >= 15 is 0 Å². The minimum Gasteiger partial charge on any atom is -0.300 e. The summed E-state index contributed by atoms with van der Waals surface area (Å²) in [6.07, 6.45) is 1.83. The van der Waals surface area contributed by atoms with Crippen LogP contribution in [0.25, 0.3) is 0 Å². The SMILES string of the molecule is CC(=O)C1CCCN(Cc2cccc(F)c2F)C1. The van der Waals surface area contributed by atoms with Crippen molar-refractivity contribution < 1.29 is 13.6 Å². The quantitative estimate of drug-likeness (QED) is 0.825. The van der Waals surface area contributed by atoms with E-state index in [1.54, 1.807) is 13.0 Å². The Balaban J connectivity index is 2.05. The molecular weight excluding hydrogens is 236 g/mol. The van der Waals surface area contributed by atoms with Crippen LogP contribution in [0.4, 0.5) is 8.78 Å². The molecule has 4 heteroatoms. The Kier molecular flexibility index (Phi) is 4.07. The molecule has 1 aliphatic heterocycles. The van der Waals surface area contributed by atoms with E-state index in [2.05, 4.69) is 0 Å². The monoisotopic (exact) mass is 253 g/mol. The van der Waals surface area contributed by atoms with Crippen molar-refractivity contribution in [3.8, 4) is 0 Å². The summed E-state index contributed by atoms with van der Waals surface area (Å²) in [5.74, 6) is -1.37. The van der Waals surface area contributed by atoms with Crippen molar-refractivity contribution in [2.75, 3.05) is 13.1 Å². The van der Waals surface area contributed by atoms with Gasteiger partial charge < -0.3 is 0 Å². The van der Waals surface area contributed by atoms with Gasteiger partial charge in [0, 0.05) is 24.6 Å². The number of carbonyl (C=O) groups excluding carboxylic acids is 1. The maximum absolute atomic E-state index is 13.5. The van der Waals surface area contributed by atoms with Crippen LogP contribution in [0.2, 0.25) is 0 Å². The van der Waals surface area contributed by atoms with Gasteiger partial charge in [0.25, 0.3) is 0 Å². The lowest BCUT2D eigenvalue weighted by Crippen LogP contribution is -2.37. The van der Waals surface area contributed by atoms with Crippen LogP contribution in [0, 0.1) is 17.6 Å². The zero-order valence-electron chi connectivity index (χ0n) is 10.5. The minimum absolute atomic E-state index is 0.0374. The lowest BCUT2D eigenvalue weighted by atomic mass is 9.94. The molecule has 0 aliphatic carbocycles. The fraction of sp³-hybridized carbons (Fsp3) is 0.500. The zero-order chi connectivity index (χ0) is 13.1. The van der Waals surface area contributed by atoms with Crippen molar-refractivity contribution >= 4 is 5.78 Å². The first-order valence-corrected chi connectivity index (χ1v) is 6.23. The highest BCUT2D eigenvalue weighted by atomic mass is 19.2. The summed E-state index contributed by atoms with van der Waals surface area (Å²) >= 11 is 0. The number of carbonyl (C=O) groups is 1. The molecule has 1 aromatic rings. The van der Waals surface area contributed by atoms with E-state index in [1.807, 2.05) is 4.90 Å². The number of ketones is 1. The Bertz CT molecular complexity index is 447. The van der Waals surface area contributed by atoms with Gasteiger partial charge in [0.05, 0.1) is 0 Å². The van der Waals surface area contributed by atoms with Crippen molar-refractivity contribution in [2.24, 2.45) is 5.92 Å². The number of rotatable bonds is 3. The molecule has 98 valence electrons. The Morgan fingerprint density at radius 3 is 2.94 bits per heavy atom. The number of Topliss-reactive ketones (excluding diaryl/α,β-unsaturated/α-hetero) is 1. The molecule has 1 unspecified atom stereocenters. The Hall–Kier alpha value is -1.29. The topological polar surface area (TPSA) is 20.3 Å². The first-order chi connectivity index (χ1) is 8.58. The number of halogens is 2. The average molecular weight is 253 g/mol. The van der Waals surface area contributed by atoms with Gasteiger partial charge in [-0.3, -0.25) is 9.69 Å². The van der Waals surface area contributed by atoms with Crippen LogP contribution < -0.4 is 0 Å². The summed E-state index contributed by atoms with van der Waals surface area (Å²) < 4.78 is 26.6. The second-order valence-corrected chi connectivity index (χ2v) is 4.90. The summed E-state index contributed by atoms with van der Waals surface area (Å²) in [6.45, 7) is 3.44. The van der Waals surface area contributed by atoms with Crippen LogP contribution in [-0.2, 0) is 11.3 Å². The van der Waals surface area contributed by atoms with E-state index < -0.39 is 11.6 Å². The molecule has 0 N–H and O–H groups in total. The first-order valence-electron chi connectivity index (χ1n) is 6.23. The normalized spacial score (nSPS) is 20.9. The number of likely N-dealkylation sites (tertiary alicyclic amines) is 1. The van der Waals surface area contributed by atoms with Crippen LogP contribution in [-0.4, -0.2) is 23.8 Å². The van der Waals surface area contributed by atoms with E-state index in [4.69, 9.17) is 0 Å². The van der Waals surface area contributed by atoms with Gasteiger partial charge in [-0.2, -0.15) is 0 Å². The third-order valence-corrected chi connectivity index (χ3v) is 3.51. The minimum atomic E-state index is -0.812. The maximum atomic E-state index is 13.5. The molecule has 0 spiro atoms. The van der Waals surface area contributed by atoms with Gasteiger partial charge in [-0.25, -0.2) is 8.78 Å². The number of benzene rings is 1. The molecule has 0 bridgehead atoms. The van der Waals surface area contributed by atoms with Crippen molar-refractivity contribution in [1.29, 1.82) is 0 Å². The van der Waals surface area contributed by atoms with Gasteiger partial charge in [-0.05, 0) is 32.4 Å². The summed E-state index contributed by atoms with van der Waals surface area (Å²) in [5, 5.41) is 0. The summed E-state index contributed by atoms with van der Waals surface area (Å²) in [5.41, 5.74) is 0.360. The number of nitrogens with zero attached hydrogens (tertiary/aromatic N) is 1. The second kappa shape index (κ2) is 5.57. The molecule has 0 saturated carbocycles. The molecule has 1 saturated heterocycles. The Labute approximate surface area is 106 Å². The van der Waals surface area contributed by atoms with Crippen LogP contribution in [0.3, 0.4) is 0 Å². The molecule has 1 aromatic carbocycles. The van der Waals surface area contributed by atoms with Crippen LogP contribution >= 0.6 is 0 Å². The summed E-state index contributed by atoms with van der Waals surface area (Å²) in [7, 11) is 0. The fourth-order valence-electron chi connectivity index (χ4n) is 2.44. The second-order valence-electron chi connectivity index (χ2n) is 4.90. The van der Waals surface area contributed by atoms with E-state index in [9.17, 15) is 13.6 Å². The molecule has 0 radical (unpaired) electrons. The predicted molar refractivity (Wildman–Crippen MR) is 65.0 cm³/mol. The molecule has 0 aromatic heterocycles. The molecule has 1 heterocycles. The molecule has 0 amide bonds. The van der Waals surface area contributed by atoms with Gasteiger partial charge in [-0.1, -0.05) is 12.1 Å². The highest BCUT2D eigenvalue weighted by Crippen LogP contribution is 2.21. The molecule has 1 atom stereocenters. The van der Waals surface area contributed by atoms with Gasteiger partial charge in [0.1, 0.15) is 5.78 Å². The van der Waals surface area contributed by atoms with Crippen molar-refractivity contribution in [2.45, 2.75) is 26.3 Å². The van der Waals surface area contributed by atoms with E-state index in [1.165, 1.54) is 6.07 Å². The van der Waals surface area contributed by atoms with Gasteiger partial charge in [-0.15, -0.1) is 0 Å². The van der Waals surface area contributed by atoms with Gasteiger partial charge in [0.15, 0.2) is 11.6 Å². The molecule has 18 heavy (non-hydrogen) atoms. The molecule has 2 rings (SSSR count). The Morgan fingerprint density at radius 2 is 2.22 bits per heavy atom. The number of hydrogen-bond acceptors (Lipinski definition) is 2. The number of hydrogen-bond donors (Lipinski definition) is 0. The lowest BCUT2D eigenvalue weighted by molar-refractivity contribution is -0.122. The zero-order valence-corrected chi connectivity index (χ0v) is 10.5. The molecule has 2 nitrogen and oxygen atoms in total. The highest BCUT2D eigenvalue weighted by Gasteiger charge is 2.23. The van der Waals surface area contributed by atoms with E-state index in [0.717, 1.165) is 25.5 Å². The third kappa shape index (κ3) is 2.93. The largest absolute Gasteiger partial charge is 0.300 e. The van der Waals surface area contributed by atoms with Crippen LogP contribution in [0.5, 0.6) is 0 Å². The first kappa shape index (κ1) is 13.1. The van der Waals surface area contributed by atoms with Crippen molar-refractivity contribution in [1.82, 2.24) is 4.90 Å². The van der Waals surface area contributed by atoms with Gasteiger partial charge in [0.2, 0.25) is 0 Å². The predicted octanol–water partition coefficient (Wildman–Crippen LogP) is 2.77. The van der Waals surface area contributed by atoms with E-state index in [-0.39, 0.29) is 11.7 Å². The smallest absolute Gasteiger partial charge is 0.163 e.